The third-order valence-electron chi connectivity index (χ3n) is 3.80. The third kappa shape index (κ3) is 9.58. The first-order valence-corrected chi connectivity index (χ1v) is 9.68. The molecule has 0 heterocycles. The van der Waals surface area contributed by atoms with Crippen LogP contribution >= 0.6 is 0 Å². The highest BCUT2D eigenvalue weighted by molar-refractivity contribution is 6.01. The van der Waals surface area contributed by atoms with Gasteiger partial charge in [0.2, 0.25) is 11.8 Å². The predicted molar refractivity (Wildman–Crippen MR) is 117 cm³/mol. The second-order valence-electron chi connectivity index (χ2n) is 7.70. The lowest BCUT2D eigenvalue weighted by molar-refractivity contribution is -0.120. The number of benzene rings is 2. The van der Waals surface area contributed by atoms with Crippen molar-refractivity contribution in [2.45, 2.75) is 32.9 Å². The molecule has 0 saturated carbocycles. The summed E-state index contributed by atoms with van der Waals surface area (Å²) in [4.78, 5) is 35.4. The standard InChI is InChI=1S/C23H26FN3O4/c1-23(2,3)31-22(30)26-15-21(29)25-14-17-6-11-19(12-7-17)27-20(28)13-8-16-4-9-18(24)10-5-16/h4-13H,14-15H2,1-3H3,(H,25,29)(H,26,30)(H,27,28)/b13-8+. The number of rotatable bonds is 7. The van der Waals surface area contributed by atoms with Crippen LogP contribution in [0.25, 0.3) is 6.08 Å². The Morgan fingerprint density at radius 3 is 2.23 bits per heavy atom. The van der Waals surface area contributed by atoms with E-state index in [2.05, 4.69) is 16.0 Å². The van der Waals surface area contributed by atoms with Crippen LogP contribution in [0.3, 0.4) is 0 Å². The van der Waals surface area contributed by atoms with E-state index >= 15 is 0 Å². The highest BCUT2D eigenvalue weighted by atomic mass is 19.1. The Labute approximate surface area is 180 Å². The van der Waals surface area contributed by atoms with Crippen LogP contribution in [-0.2, 0) is 20.9 Å². The molecule has 3 amide bonds. The van der Waals surface area contributed by atoms with Crippen molar-refractivity contribution in [1.29, 1.82) is 0 Å². The summed E-state index contributed by atoms with van der Waals surface area (Å²) in [6.07, 6.45) is 2.29. The van der Waals surface area contributed by atoms with E-state index in [1.54, 1.807) is 63.2 Å². The molecule has 0 unspecified atom stereocenters. The number of ether oxygens (including phenoxy) is 1. The number of amides is 3. The molecule has 2 aromatic carbocycles. The molecular formula is C23H26FN3O4. The molecule has 0 aliphatic heterocycles. The van der Waals surface area contributed by atoms with E-state index in [9.17, 15) is 18.8 Å². The quantitative estimate of drug-likeness (QED) is 0.588. The first-order chi connectivity index (χ1) is 14.6. The number of anilines is 1. The maximum atomic E-state index is 12.9. The molecule has 31 heavy (non-hydrogen) atoms. The summed E-state index contributed by atoms with van der Waals surface area (Å²) in [5.74, 6) is -1.01. The minimum Gasteiger partial charge on any atom is -0.444 e. The van der Waals surface area contributed by atoms with Gasteiger partial charge in [-0.25, -0.2) is 9.18 Å². The van der Waals surface area contributed by atoms with E-state index in [1.807, 2.05) is 0 Å². The molecule has 3 N–H and O–H groups in total. The van der Waals surface area contributed by atoms with Crippen LogP contribution in [0.15, 0.2) is 54.6 Å². The van der Waals surface area contributed by atoms with Crippen LogP contribution in [-0.4, -0.2) is 30.1 Å². The molecule has 0 aliphatic rings. The summed E-state index contributed by atoms with van der Waals surface area (Å²) in [7, 11) is 0. The molecule has 164 valence electrons. The second kappa shape index (κ2) is 10.9. The number of carbonyl (C=O) groups is 3. The monoisotopic (exact) mass is 427 g/mol. The molecule has 8 heteroatoms. The Morgan fingerprint density at radius 2 is 1.61 bits per heavy atom. The smallest absolute Gasteiger partial charge is 0.408 e. The van der Waals surface area contributed by atoms with E-state index < -0.39 is 11.7 Å². The molecule has 0 radical (unpaired) electrons. The summed E-state index contributed by atoms with van der Waals surface area (Å²) in [5.41, 5.74) is 1.50. The van der Waals surface area contributed by atoms with Gasteiger partial charge in [-0.15, -0.1) is 0 Å². The normalized spacial score (nSPS) is 11.1. The van der Waals surface area contributed by atoms with E-state index in [1.165, 1.54) is 18.2 Å². The molecular weight excluding hydrogens is 401 g/mol. The minimum absolute atomic E-state index is 0.191. The lowest BCUT2D eigenvalue weighted by Gasteiger charge is -2.19. The SMILES string of the molecule is CC(C)(C)OC(=O)NCC(=O)NCc1ccc(NC(=O)/C=C/c2ccc(F)cc2)cc1. The topological polar surface area (TPSA) is 96.5 Å². The average Bonchev–Trinajstić information content (AvgIpc) is 2.70. The lowest BCUT2D eigenvalue weighted by Crippen LogP contribution is -2.39. The Bertz CT molecular complexity index is 933. The zero-order chi connectivity index (χ0) is 22.9. The van der Waals surface area contributed by atoms with Crippen molar-refractivity contribution in [3.63, 3.8) is 0 Å². The van der Waals surface area contributed by atoms with Gasteiger partial charge >= 0.3 is 6.09 Å². The Kier molecular flexibility index (Phi) is 8.31. The number of nitrogens with one attached hydrogen (secondary N) is 3. The lowest BCUT2D eigenvalue weighted by atomic mass is 10.2. The van der Waals surface area contributed by atoms with Crippen LogP contribution in [0, 0.1) is 5.82 Å². The third-order valence-corrected chi connectivity index (χ3v) is 3.80. The second-order valence-corrected chi connectivity index (χ2v) is 7.70. The van der Waals surface area contributed by atoms with Crippen molar-refractivity contribution in [2.24, 2.45) is 0 Å². The fourth-order valence-corrected chi connectivity index (χ4v) is 2.37. The number of hydrogen-bond donors (Lipinski definition) is 3. The van der Waals surface area contributed by atoms with Gasteiger partial charge in [0.05, 0.1) is 0 Å². The van der Waals surface area contributed by atoms with Gasteiger partial charge in [-0.2, -0.15) is 0 Å². The average molecular weight is 427 g/mol. The van der Waals surface area contributed by atoms with Crippen LogP contribution in [0.2, 0.25) is 0 Å². The summed E-state index contributed by atoms with van der Waals surface area (Å²) in [6, 6.07) is 12.7. The molecule has 0 spiro atoms. The van der Waals surface area contributed by atoms with Gasteiger partial charge in [-0.3, -0.25) is 9.59 Å². The molecule has 2 rings (SSSR count). The molecule has 2 aromatic rings. The van der Waals surface area contributed by atoms with Gasteiger partial charge in [0.15, 0.2) is 0 Å². The van der Waals surface area contributed by atoms with Crippen LogP contribution in [0.5, 0.6) is 0 Å². The molecule has 0 aromatic heterocycles. The van der Waals surface area contributed by atoms with Crippen molar-refractivity contribution >= 4 is 29.7 Å². The van der Waals surface area contributed by atoms with Gasteiger partial charge in [0.25, 0.3) is 0 Å². The van der Waals surface area contributed by atoms with Crippen LogP contribution in [0.1, 0.15) is 31.9 Å². The maximum absolute atomic E-state index is 12.9. The Balaban J connectivity index is 1.74. The maximum Gasteiger partial charge on any atom is 0.408 e. The van der Waals surface area contributed by atoms with E-state index in [0.29, 0.717) is 11.3 Å². The largest absolute Gasteiger partial charge is 0.444 e. The highest BCUT2D eigenvalue weighted by Crippen LogP contribution is 2.10. The van der Waals surface area contributed by atoms with Crippen molar-refractivity contribution in [3.05, 3.63) is 71.6 Å². The van der Waals surface area contributed by atoms with Gasteiger partial charge < -0.3 is 20.7 Å². The number of alkyl carbamates (subject to hydrolysis) is 1. The van der Waals surface area contributed by atoms with E-state index in [4.69, 9.17) is 4.74 Å². The Hall–Kier alpha value is -3.68. The first kappa shape index (κ1) is 23.6. The fraction of sp³-hybridized carbons (Fsp3) is 0.261. The van der Waals surface area contributed by atoms with Crippen LogP contribution < -0.4 is 16.0 Å². The van der Waals surface area contributed by atoms with E-state index in [-0.39, 0.29) is 30.7 Å². The van der Waals surface area contributed by atoms with E-state index in [0.717, 1.165) is 5.56 Å². The van der Waals surface area contributed by atoms with Gasteiger partial charge in [-0.1, -0.05) is 24.3 Å². The van der Waals surface area contributed by atoms with Crippen molar-refractivity contribution < 1.29 is 23.5 Å². The zero-order valence-corrected chi connectivity index (χ0v) is 17.7. The molecule has 0 bridgehead atoms. The zero-order valence-electron chi connectivity index (χ0n) is 17.7. The molecule has 0 saturated heterocycles. The summed E-state index contributed by atoms with van der Waals surface area (Å²) in [6.45, 7) is 5.29. The molecule has 0 aliphatic carbocycles. The molecule has 0 fully saturated rings. The highest BCUT2D eigenvalue weighted by Gasteiger charge is 2.16. The molecule has 0 atom stereocenters. The number of halogens is 1. The summed E-state index contributed by atoms with van der Waals surface area (Å²) >= 11 is 0. The number of hydrogen-bond acceptors (Lipinski definition) is 4. The van der Waals surface area contributed by atoms with Crippen molar-refractivity contribution in [3.8, 4) is 0 Å². The van der Waals surface area contributed by atoms with Crippen LogP contribution in [0.4, 0.5) is 14.9 Å². The fourth-order valence-electron chi connectivity index (χ4n) is 2.37. The Morgan fingerprint density at radius 1 is 0.968 bits per heavy atom. The summed E-state index contributed by atoms with van der Waals surface area (Å²) < 4.78 is 17.9. The van der Waals surface area contributed by atoms with Gasteiger partial charge in [0, 0.05) is 18.3 Å². The summed E-state index contributed by atoms with van der Waals surface area (Å²) in [5, 5.41) is 7.79. The minimum atomic E-state index is -0.656. The number of carbonyl (C=O) groups excluding carboxylic acids is 3. The first-order valence-electron chi connectivity index (χ1n) is 9.68. The van der Waals surface area contributed by atoms with Crippen molar-refractivity contribution in [1.82, 2.24) is 10.6 Å². The molecule has 7 nitrogen and oxygen atoms in total. The van der Waals surface area contributed by atoms with Gasteiger partial charge in [0.1, 0.15) is 18.0 Å². The van der Waals surface area contributed by atoms with Gasteiger partial charge in [-0.05, 0) is 62.2 Å². The van der Waals surface area contributed by atoms with Crippen molar-refractivity contribution in [2.75, 3.05) is 11.9 Å². The predicted octanol–water partition coefficient (Wildman–Crippen LogP) is 3.62.